The predicted octanol–water partition coefficient (Wildman–Crippen LogP) is 4.22. The van der Waals surface area contributed by atoms with Crippen molar-refractivity contribution in [1.29, 1.82) is 0 Å². The Morgan fingerprint density at radius 3 is 2.12 bits per heavy atom. The zero-order chi connectivity index (χ0) is 12.9. The normalized spacial score (nSPS) is 12.8. The Morgan fingerprint density at radius 1 is 1.25 bits per heavy atom. The summed E-state index contributed by atoms with van der Waals surface area (Å²) in [6.45, 7) is 6.38. The summed E-state index contributed by atoms with van der Waals surface area (Å²) in [7, 11) is 0. The van der Waals surface area contributed by atoms with Gasteiger partial charge in [0, 0.05) is 6.20 Å². The quantitative estimate of drug-likeness (QED) is 0.666. The molecular formula is C11H15F4N. The Morgan fingerprint density at radius 2 is 1.75 bits per heavy atom. The standard InChI is InChI=1S/C9H9F4N.C2H6/c1-5(9(11,12)13)7-3-8(10)6(2)14-4-7;1-2/h3-5H,1-2H3;1-2H3. The molecule has 1 atom stereocenters. The molecule has 1 rings (SSSR count). The van der Waals surface area contributed by atoms with E-state index in [0.29, 0.717) is 0 Å². The van der Waals surface area contributed by atoms with Gasteiger partial charge in [-0.05, 0) is 25.5 Å². The molecule has 1 nitrogen and oxygen atoms in total. The molecule has 0 fully saturated rings. The summed E-state index contributed by atoms with van der Waals surface area (Å²) in [6, 6.07) is 0.875. The van der Waals surface area contributed by atoms with Gasteiger partial charge in [0.05, 0.1) is 11.6 Å². The number of rotatable bonds is 1. The molecule has 0 bridgehead atoms. The lowest BCUT2D eigenvalue weighted by Crippen LogP contribution is -2.18. The smallest absolute Gasteiger partial charge is 0.258 e. The van der Waals surface area contributed by atoms with Crippen LogP contribution >= 0.6 is 0 Å². The predicted molar refractivity (Wildman–Crippen MR) is 54.8 cm³/mol. The molecule has 0 aromatic carbocycles. The highest BCUT2D eigenvalue weighted by Gasteiger charge is 2.37. The Balaban J connectivity index is 0.00000106. The van der Waals surface area contributed by atoms with Crippen LogP contribution in [0.3, 0.4) is 0 Å². The van der Waals surface area contributed by atoms with E-state index in [-0.39, 0.29) is 11.3 Å². The van der Waals surface area contributed by atoms with E-state index >= 15 is 0 Å². The van der Waals surface area contributed by atoms with Crippen molar-refractivity contribution in [2.24, 2.45) is 0 Å². The molecule has 0 N–H and O–H groups in total. The summed E-state index contributed by atoms with van der Waals surface area (Å²) in [6.07, 6.45) is -3.31. The number of halogens is 4. The van der Waals surface area contributed by atoms with Crippen LogP contribution in [-0.4, -0.2) is 11.2 Å². The highest BCUT2D eigenvalue weighted by molar-refractivity contribution is 5.20. The van der Waals surface area contributed by atoms with E-state index in [1.54, 1.807) is 0 Å². The molecule has 1 aromatic heterocycles. The van der Waals surface area contributed by atoms with Crippen molar-refractivity contribution in [3.05, 3.63) is 29.3 Å². The summed E-state index contributed by atoms with van der Waals surface area (Å²) < 4.78 is 49.5. The van der Waals surface area contributed by atoms with Gasteiger partial charge in [-0.1, -0.05) is 13.8 Å². The van der Waals surface area contributed by atoms with Crippen LogP contribution in [0.1, 0.15) is 37.9 Å². The highest BCUT2D eigenvalue weighted by Crippen LogP contribution is 2.34. The fraction of sp³-hybridized carbons (Fsp3) is 0.545. The van der Waals surface area contributed by atoms with Crippen LogP contribution in [0.15, 0.2) is 12.3 Å². The lowest BCUT2D eigenvalue weighted by atomic mass is 10.0. The zero-order valence-corrected chi connectivity index (χ0v) is 9.69. The number of nitrogens with zero attached hydrogens (tertiary/aromatic N) is 1. The van der Waals surface area contributed by atoms with E-state index in [1.165, 1.54) is 6.92 Å². The molecule has 92 valence electrons. The largest absolute Gasteiger partial charge is 0.395 e. The van der Waals surface area contributed by atoms with E-state index in [9.17, 15) is 17.6 Å². The summed E-state index contributed by atoms with van der Waals surface area (Å²) >= 11 is 0. The van der Waals surface area contributed by atoms with Gasteiger partial charge in [0.15, 0.2) is 0 Å². The first-order valence-corrected chi connectivity index (χ1v) is 5.01. The van der Waals surface area contributed by atoms with Crippen molar-refractivity contribution < 1.29 is 17.6 Å². The molecule has 0 amide bonds. The third-order valence-corrected chi connectivity index (χ3v) is 2.04. The summed E-state index contributed by atoms with van der Waals surface area (Å²) in [5.74, 6) is -2.40. The summed E-state index contributed by atoms with van der Waals surface area (Å²) in [5.41, 5.74) is -0.0521. The molecule has 1 unspecified atom stereocenters. The van der Waals surface area contributed by atoms with Crippen LogP contribution in [-0.2, 0) is 0 Å². The third kappa shape index (κ3) is 3.79. The minimum absolute atomic E-state index is 0.100. The molecule has 0 radical (unpaired) electrons. The lowest BCUT2D eigenvalue weighted by Gasteiger charge is -2.15. The second kappa shape index (κ2) is 5.82. The van der Waals surface area contributed by atoms with E-state index in [2.05, 4.69) is 4.98 Å². The van der Waals surface area contributed by atoms with Gasteiger partial charge in [-0.25, -0.2) is 4.39 Å². The number of pyridine rings is 1. The summed E-state index contributed by atoms with van der Waals surface area (Å²) in [4.78, 5) is 3.54. The van der Waals surface area contributed by atoms with Crippen molar-refractivity contribution in [3.8, 4) is 0 Å². The fourth-order valence-corrected chi connectivity index (χ4v) is 0.947. The molecule has 5 heteroatoms. The molecule has 1 aromatic rings. The van der Waals surface area contributed by atoms with Crippen LogP contribution in [0.2, 0.25) is 0 Å². The maximum atomic E-state index is 12.9. The van der Waals surface area contributed by atoms with Crippen molar-refractivity contribution in [1.82, 2.24) is 4.98 Å². The number of hydrogen-bond acceptors (Lipinski definition) is 1. The maximum Gasteiger partial charge on any atom is 0.395 e. The van der Waals surface area contributed by atoms with Crippen LogP contribution in [0.4, 0.5) is 17.6 Å². The van der Waals surface area contributed by atoms with E-state index in [4.69, 9.17) is 0 Å². The molecule has 0 saturated carbocycles. The number of alkyl halides is 3. The first kappa shape index (κ1) is 14.9. The minimum atomic E-state index is -4.36. The van der Waals surface area contributed by atoms with E-state index in [0.717, 1.165) is 19.2 Å². The molecule has 0 spiro atoms. The van der Waals surface area contributed by atoms with Gasteiger partial charge in [0.1, 0.15) is 5.82 Å². The topological polar surface area (TPSA) is 12.9 Å². The van der Waals surface area contributed by atoms with Gasteiger partial charge in [-0.2, -0.15) is 13.2 Å². The molecule has 0 aliphatic rings. The monoisotopic (exact) mass is 237 g/mol. The Kier molecular flexibility index (Phi) is 5.41. The minimum Gasteiger partial charge on any atom is -0.258 e. The van der Waals surface area contributed by atoms with Crippen LogP contribution in [0.5, 0.6) is 0 Å². The Hall–Kier alpha value is -1.13. The third-order valence-electron chi connectivity index (χ3n) is 2.04. The molecular weight excluding hydrogens is 222 g/mol. The van der Waals surface area contributed by atoms with E-state index in [1.807, 2.05) is 13.8 Å². The molecule has 0 saturated heterocycles. The Labute approximate surface area is 92.5 Å². The van der Waals surface area contributed by atoms with Gasteiger partial charge < -0.3 is 0 Å². The Bertz CT molecular complexity index is 333. The average molecular weight is 237 g/mol. The number of aryl methyl sites for hydroxylation is 1. The van der Waals surface area contributed by atoms with Gasteiger partial charge in [-0.3, -0.25) is 4.98 Å². The zero-order valence-electron chi connectivity index (χ0n) is 9.69. The summed E-state index contributed by atoms with van der Waals surface area (Å²) in [5, 5.41) is 0. The van der Waals surface area contributed by atoms with E-state index < -0.39 is 17.9 Å². The molecule has 1 heterocycles. The van der Waals surface area contributed by atoms with Gasteiger partial charge >= 0.3 is 6.18 Å². The fourth-order valence-electron chi connectivity index (χ4n) is 0.947. The van der Waals surface area contributed by atoms with Crippen molar-refractivity contribution in [2.45, 2.75) is 39.8 Å². The van der Waals surface area contributed by atoms with Gasteiger partial charge in [0.2, 0.25) is 0 Å². The molecule has 0 aliphatic carbocycles. The van der Waals surface area contributed by atoms with Gasteiger partial charge in [-0.15, -0.1) is 0 Å². The van der Waals surface area contributed by atoms with Crippen molar-refractivity contribution >= 4 is 0 Å². The molecule has 16 heavy (non-hydrogen) atoms. The second-order valence-corrected chi connectivity index (χ2v) is 3.10. The highest BCUT2D eigenvalue weighted by atomic mass is 19.4. The van der Waals surface area contributed by atoms with Crippen molar-refractivity contribution in [3.63, 3.8) is 0 Å². The molecule has 0 aliphatic heterocycles. The maximum absolute atomic E-state index is 12.9. The second-order valence-electron chi connectivity index (χ2n) is 3.10. The first-order chi connectivity index (χ1) is 7.32. The van der Waals surface area contributed by atoms with Crippen LogP contribution in [0, 0.1) is 12.7 Å². The average Bonchev–Trinajstić information content (AvgIpc) is 2.23. The van der Waals surface area contributed by atoms with Crippen LogP contribution in [0.25, 0.3) is 0 Å². The number of aromatic nitrogens is 1. The van der Waals surface area contributed by atoms with Crippen molar-refractivity contribution in [2.75, 3.05) is 0 Å². The van der Waals surface area contributed by atoms with Gasteiger partial charge in [0.25, 0.3) is 0 Å². The lowest BCUT2D eigenvalue weighted by molar-refractivity contribution is -0.146. The SMILES string of the molecule is CC.Cc1ncc(C(C)C(F)(F)F)cc1F. The first-order valence-electron chi connectivity index (χ1n) is 5.01. The van der Waals surface area contributed by atoms with Crippen LogP contribution < -0.4 is 0 Å². The number of hydrogen-bond donors (Lipinski definition) is 0.